The minimum absolute atomic E-state index is 0.0538. The second-order valence-corrected chi connectivity index (χ2v) is 8.14. The number of likely N-dealkylation sites (tertiary alicyclic amines) is 1. The van der Waals surface area contributed by atoms with Gasteiger partial charge in [-0.05, 0) is 43.9 Å². The number of aryl methyl sites for hydroxylation is 1. The Morgan fingerprint density at radius 3 is 2.75 bits per heavy atom. The van der Waals surface area contributed by atoms with Crippen LogP contribution in [0.1, 0.15) is 28.9 Å². The van der Waals surface area contributed by atoms with Crippen LogP contribution in [0, 0.1) is 23.0 Å². The van der Waals surface area contributed by atoms with Crippen LogP contribution >= 0.6 is 0 Å². The van der Waals surface area contributed by atoms with Gasteiger partial charge in [-0.1, -0.05) is 29.8 Å². The number of rotatable bonds is 5. The number of para-hydroxylation sites is 1. The highest BCUT2D eigenvalue weighted by molar-refractivity contribution is 6.00. The number of nitro groups is 1. The Bertz CT molecular complexity index is 1150. The summed E-state index contributed by atoms with van der Waals surface area (Å²) in [6.07, 6.45) is 1.74. The van der Waals surface area contributed by atoms with E-state index in [1.807, 2.05) is 31.2 Å². The van der Waals surface area contributed by atoms with Crippen molar-refractivity contribution in [2.45, 2.75) is 19.8 Å². The number of fused-ring (bicyclic) bond motifs is 1. The molecule has 0 radical (unpaired) electrons. The molecule has 0 saturated carbocycles. The second-order valence-electron chi connectivity index (χ2n) is 8.14. The molecule has 1 saturated heterocycles. The third-order valence-corrected chi connectivity index (χ3v) is 5.73. The number of nitro benzene ring substituents is 1. The Labute approximate surface area is 184 Å². The Morgan fingerprint density at radius 2 is 2.00 bits per heavy atom. The molecule has 2 aromatic carbocycles. The minimum Gasteiger partial charge on any atom is -0.345 e. The molecular formula is C23H25N5O4. The van der Waals surface area contributed by atoms with Gasteiger partial charge in [-0.15, -0.1) is 0 Å². The van der Waals surface area contributed by atoms with Crippen molar-refractivity contribution in [1.82, 2.24) is 15.2 Å². The van der Waals surface area contributed by atoms with Crippen LogP contribution in [0.15, 0.2) is 48.5 Å². The summed E-state index contributed by atoms with van der Waals surface area (Å²) in [5.41, 5.74) is 2.47. The molecular weight excluding hydrogens is 410 g/mol. The molecule has 9 heteroatoms. The molecule has 1 aliphatic heterocycles. The van der Waals surface area contributed by atoms with Gasteiger partial charge < -0.3 is 20.5 Å². The average Bonchev–Trinajstić information content (AvgIpc) is 3.23. The van der Waals surface area contributed by atoms with Crippen LogP contribution in [-0.2, 0) is 0 Å². The summed E-state index contributed by atoms with van der Waals surface area (Å²) in [5, 5.41) is 17.6. The van der Waals surface area contributed by atoms with E-state index in [0.29, 0.717) is 36.2 Å². The third-order valence-electron chi connectivity index (χ3n) is 5.73. The molecule has 0 aliphatic carbocycles. The number of H-pyrrole nitrogens is 1. The van der Waals surface area contributed by atoms with Crippen LogP contribution in [-0.4, -0.2) is 46.4 Å². The molecule has 0 bridgehead atoms. The number of nitrogens with one attached hydrogen (secondary N) is 3. The first-order chi connectivity index (χ1) is 15.4. The SMILES string of the molecule is Cc1ccc(NC(=O)NCC2CCCN(C(=O)c3cc4cccc([N+](=O)[O-])c4[nH]3)C2)cc1. The molecule has 1 aromatic heterocycles. The van der Waals surface area contributed by atoms with Gasteiger partial charge in [0.2, 0.25) is 0 Å². The van der Waals surface area contributed by atoms with Gasteiger partial charge in [0.05, 0.1) is 4.92 Å². The third kappa shape index (κ3) is 4.72. The van der Waals surface area contributed by atoms with Gasteiger partial charge in [-0.3, -0.25) is 14.9 Å². The summed E-state index contributed by atoms with van der Waals surface area (Å²) in [4.78, 5) is 40.7. The number of amides is 3. The van der Waals surface area contributed by atoms with Crippen molar-refractivity contribution in [3.63, 3.8) is 0 Å². The normalized spacial score (nSPS) is 16.0. The van der Waals surface area contributed by atoms with Crippen molar-refractivity contribution in [2.24, 2.45) is 5.92 Å². The van der Waals surface area contributed by atoms with Crippen molar-refractivity contribution in [1.29, 1.82) is 0 Å². The van der Waals surface area contributed by atoms with E-state index in [-0.39, 0.29) is 23.5 Å². The monoisotopic (exact) mass is 435 g/mol. The van der Waals surface area contributed by atoms with Gasteiger partial charge in [0, 0.05) is 36.8 Å². The van der Waals surface area contributed by atoms with E-state index >= 15 is 0 Å². The summed E-state index contributed by atoms with van der Waals surface area (Å²) in [6, 6.07) is 13.7. The number of urea groups is 1. The van der Waals surface area contributed by atoms with Gasteiger partial charge in [0.25, 0.3) is 11.6 Å². The fourth-order valence-corrected chi connectivity index (χ4v) is 4.04. The number of carbonyl (C=O) groups excluding carboxylic acids is 2. The lowest BCUT2D eigenvalue weighted by molar-refractivity contribution is -0.383. The zero-order chi connectivity index (χ0) is 22.7. The molecule has 4 rings (SSSR count). The maximum absolute atomic E-state index is 13.0. The summed E-state index contributed by atoms with van der Waals surface area (Å²) < 4.78 is 0. The predicted molar refractivity (Wildman–Crippen MR) is 122 cm³/mol. The second kappa shape index (κ2) is 9.09. The summed E-state index contributed by atoms with van der Waals surface area (Å²) >= 11 is 0. The zero-order valence-electron chi connectivity index (χ0n) is 17.8. The highest BCUT2D eigenvalue weighted by Crippen LogP contribution is 2.27. The van der Waals surface area contributed by atoms with Crippen LogP contribution < -0.4 is 10.6 Å². The zero-order valence-corrected chi connectivity index (χ0v) is 17.8. The summed E-state index contributed by atoms with van der Waals surface area (Å²) in [7, 11) is 0. The molecule has 9 nitrogen and oxygen atoms in total. The predicted octanol–water partition coefficient (Wildman–Crippen LogP) is 4.06. The minimum atomic E-state index is -0.461. The Balaban J connectivity index is 1.36. The molecule has 1 atom stereocenters. The number of anilines is 1. The fourth-order valence-electron chi connectivity index (χ4n) is 4.04. The van der Waals surface area contributed by atoms with Gasteiger partial charge in [0.1, 0.15) is 11.2 Å². The molecule has 3 aromatic rings. The fraction of sp³-hybridized carbons (Fsp3) is 0.304. The van der Waals surface area contributed by atoms with E-state index in [2.05, 4.69) is 15.6 Å². The Kier molecular flexibility index (Phi) is 6.07. The van der Waals surface area contributed by atoms with Crippen LogP contribution in [0.4, 0.5) is 16.2 Å². The Morgan fingerprint density at radius 1 is 1.22 bits per heavy atom. The van der Waals surface area contributed by atoms with Gasteiger partial charge >= 0.3 is 6.03 Å². The van der Waals surface area contributed by atoms with E-state index < -0.39 is 4.92 Å². The van der Waals surface area contributed by atoms with Crippen molar-refractivity contribution in [3.8, 4) is 0 Å². The maximum Gasteiger partial charge on any atom is 0.319 e. The standard InChI is InChI=1S/C23H25N5O4/c1-15-7-9-18(10-8-15)25-23(30)24-13-16-4-3-11-27(14-16)22(29)19-12-17-5-2-6-20(28(31)32)21(17)26-19/h2,5-10,12,16,26H,3-4,11,13-14H2,1H3,(H2,24,25,30). The lowest BCUT2D eigenvalue weighted by atomic mass is 9.98. The highest BCUT2D eigenvalue weighted by Gasteiger charge is 2.26. The molecule has 166 valence electrons. The molecule has 3 amide bonds. The number of hydrogen-bond acceptors (Lipinski definition) is 4. The first-order valence-electron chi connectivity index (χ1n) is 10.6. The molecule has 2 heterocycles. The number of hydrogen-bond donors (Lipinski definition) is 3. The summed E-state index contributed by atoms with van der Waals surface area (Å²) in [6.45, 7) is 3.57. The van der Waals surface area contributed by atoms with E-state index in [9.17, 15) is 19.7 Å². The largest absolute Gasteiger partial charge is 0.345 e. The highest BCUT2D eigenvalue weighted by atomic mass is 16.6. The molecule has 1 unspecified atom stereocenters. The van der Waals surface area contributed by atoms with E-state index in [0.717, 1.165) is 24.1 Å². The molecule has 32 heavy (non-hydrogen) atoms. The van der Waals surface area contributed by atoms with Gasteiger partial charge in [-0.2, -0.15) is 0 Å². The first-order valence-corrected chi connectivity index (χ1v) is 10.6. The van der Waals surface area contributed by atoms with E-state index in [1.165, 1.54) is 6.07 Å². The number of benzene rings is 2. The number of nitrogens with zero attached hydrogens (tertiary/aromatic N) is 2. The smallest absolute Gasteiger partial charge is 0.319 e. The van der Waals surface area contributed by atoms with E-state index in [1.54, 1.807) is 23.1 Å². The van der Waals surface area contributed by atoms with Crippen molar-refractivity contribution < 1.29 is 14.5 Å². The number of carbonyl (C=O) groups is 2. The van der Waals surface area contributed by atoms with Crippen LogP contribution in [0.25, 0.3) is 10.9 Å². The van der Waals surface area contributed by atoms with E-state index in [4.69, 9.17) is 0 Å². The van der Waals surface area contributed by atoms with Gasteiger partial charge in [-0.25, -0.2) is 4.79 Å². The number of piperidine rings is 1. The van der Waals surface area contributed by atoms with Crippen LogP contribution in [0.3, 0.4) is 0 Å². The topological polar surface area (TPSA) is 120 Å². The summed E-state index contributed by atoms with van der Waals surface area (Å²) in [5.74, 6) is -0.0560. The first kappa shape index (κ1) is 21.4. The number of aromatic amines is 1. The molecule has 0 spiro atoms. The maximum atomic E-state index is 13.0. The quantitative estimate of drug-likeness (QED) is 0.413. The Hall–Kier alpha value is -3.88. The lowest BCUT2D eigenvalue weighted by Gasteiger charge is -2.32. The number of aromatic nitrogens is 1. The van der Waals surface area contributed by atoms with Crippen molar-refractivity contribution >= 4 is 34.2 Å². The van der Waals surface area contributed by atoms with Crippen LogP contribution in [0.2, 0.25) is 0 Å². The molecule has 1 aliphatic rings. The van der Waals surface area contributed by atoms with Crippen molar-refractivity contribution in [3.05, 3.63) is 69.9 Å². The molecule has 1 fully saturated rings. The van der Waals surface area contributed by atoms with Crippen molar-refractivity contribution in [2.75, 3.05) is 25.0 Å². The van der Waals surface area contributed by atoms with Gasteiger partial charge in [0.15, 0.2) is 0 Å². The molecule has 3 N–H and O–H groups in total. The average molecular weight is 435 g/mol. The number of non-ortho nitro benzene ring substituents is 1. The lowest BCUT2D eigenvalue weighted by Crippen LogP contribution is -2.44. The van der Waals surface area contributed by atoms with Crippen LogP contribution in [0.5, 0.6) is 0 Å².